The van der Waals surface area contributed by atoms with Crippen LogP contribution >= 0.6 is 0 Å². The first-order chi connectivity index (χ1) is 10.2. The zero-order valence-corrected chi connectivity index (χ0v) is 13.0. The number of hydrogen-bond acceptors (Lipinski definition) is 3. The Hall–Kier alpha value is -1.58. The number of benzene rings is 2. The van der Waals surface area contributed by atoms with Gasteiger partial charge in [-0.15, -0.1) is 0 Å². The van der Waals surface area contributed by atoms with Gasteiger partial charge in [-0.2, -0.15) is 0 Å². The van der Waals surface area contributed by atoms with Crippen molar-refractivity contribution in [3.63, 3.8) is 0 Å². The third kappa shape index (κ3) is 2.76. The van der Waals surface area contributed by atoms with Crippen LogP contribution in [0.15, 0.2) is 36.4 Å². The minimum atomic E-state index is 0.599. The molecule has 1 heterocycles. The first kappa shape index (κ1) is 14.4. The van der Waals surface area contributed by atoms with Crippen LogP contribution in [0, 0.1) is 0 Å². The van der Waals surface area contributed by atoms with Gasteiger partial charge in [0.2, 0.25) is 0 Å². The number of likely N-dealkylation sites (N-methyl/N-ethyl adjacent to an activating group) is 1. The first-order valence-electron chi connectivity index (χ1n) is 7.83. The van der Waals surface area contributed by atoms with E-state index in [1.54, 1.807) is 0 Å². The van der Waals surface area contributed by atoms with Gasteiger partial charge >= 0.3 is 0 Å². The summed E-state index contributed by atoms with van der Waals surface area (Å²) >= 11 is 0. The topological polar surface area (TPSA) is 32.5 Å². The average Bonchev–Trinajstić information content (AvgIpc) is 2.93. The van der Waals surface area contributed by atoms with E-state index in [0.29, 0.717) is 12.6 Å². The number of fused-ring (bicyclic) bond motifs is 1. The Balaban J connectivity index is 2.04. The van der Waals surface area contributed by atoms with Crippen LogP contribution < -0.4 is 10.6 Å². The summed E-state index contributed by atoms with van der Waals surface area (Å²) in [6, 6.07) is 13.7. The second-order valence-corrected chi connectivity index (χ2v) is 6.25. The molecule has 1 atom stereocenters. The van der Waals surface area contributed by atoms with E-state index in [1.807, 2.05) is 0 Å². The van der Waals surface area contributed by atoms with Crippen molar-refractivity contribution >= 4 is 16.5 Å². The van der Waals surface area contributed by atoms with Crippen molar-refractivity contribution < 1.29 is 0 Å². The van der Waals surface area contributed by atoms with Crippen LogP contribution in [0.5, 0.6) is 0 Å². The van der Waals surface area contributed by atoms with Crippen molar-refractivity contribution in [1.29, 1.82) is 0 Å². The number of nitrogens with two attached hydrogens (primary N) is 1. The van der Waals surface area contributed by atoms with Crippen LogP contribution in [0.4, 0.5) is 5.69 Å². The van der Waals surface area contributed by atoms with Crippen molar-refractivity contribution in [3.8, 4) is 0 Å². The summed E-state index contributed by atoms with van der Waals surface area (Å²) in [6.45, 7) is 2.87. The van der Waals surface area contributed by atoms with E-state index >= 15 is 0 Å². The number of nitrogens with zero attached hydrogens (tertiary/aromatic N) is 2. The Morgan fingerprint density at radius 2 is 1.90 bits per heavy atom. The van der Waals surface area contributed by atoms with Crippen molar-refractivity contribution in [3.05, 3.63) is 42.0 Å². The molecule has 1 aliphatic rings. The lowest BCUT2D eigenvalue weighted by molar-refractivity contribution is 0.372. The molecule has 0 bridgehead atoms. The molecule has 0 aliphatic carbocycles. The zero-order valence-electron chi connectivity index (χ0n) is 13.0. The minimum Gasteiger partial charge on any atom is -0.367 e. The van der Waals surface area contributed by atoms with Gasteiger partial charge in [0.25, 0.3) is 0 Å². The summed E-state index contributed by atoms with van der Waals surface area (Å²) in [4.78, 5) is 4.88. The molecule has 3 nitrogen and oxygen atoms in total. The molecule has 0 radical (unpaired) electrons. The molecule has 0 spiro atoms. The molecule has 21 heavy (non-hydrogen) atoms. The Bertz CT molecular complexity index is 621. The summed E-state index contributed by atoms with van der Waals surface area (Å²) < 4.78 is 0. The van der Waals surface area contributed by atoms with Crippen LogP contribution in [0.25, 0.3) is 10.8 Å². The maximum atomic E-state index is 5.89. The normalized spacial score (nSPS) is 18.9. The minimum absolute atomic E-state index is 0.599. The second-order valence-electron chi connectivity index (χ2n) is 6.25. The Labute approximate surface area is 127 Å². The molecule has 3 heteroatoms. The maximum Gasteiger partial charge on any atom is 0.0449 e. The largest absolute Gasteiger partial charge is 0.367 e. The molecule has 2 N–H and O–H groups in total. The van der Waals surface area contributed by atoms with E-state index in [9.17, 15) is 0 Å². The summed E-state index contributed by atoms with van der Waals surface area (Å²) in [7, 11) is 4.32. The van der Waals surface area contributed by atoms with E-state index < -0.39 is 0 Å². The molecule has 2 aromatic carbocycles. The molecule has 3 rings (SSSR count). The van der Waals surface area contributed by atoms with E-state index in [0.717, 1.165) is 13.1 Å². The van der Waals surface area contributed by atoms with Crippen LogP contribution in [-0.4, -0.2) is 38.1 Å². The van der Waals surface area contributed by atoms with Gasteiger partial charge < -0.3 is 15.5 Å². The van der Waals surface area contributed by atoms with Gasteiger partial charge in [-0.05, 0) is 44.0 Å². The fraction of sp³-hybridized carbons (Fsp3) is 0.444. The van der Waals surface area contributed by atoms with Gasteiger partial charge in [0.15, 0.2) is 0 Å². The monoisotopic (exact) mass is 283 g/mol. The third-order valence-electron chi connectivity index (χ3n) is 4.47. The van der Waals surface area contributed by atoms with Crippen molar-refractivity contribution in [2.45, 2.75) is 25.4 Å². The molecule has 0 saturated carbocycles. The lowest BCUT2D eigenvalue weighted by atomic mass is 10.0. The van der Waals surface area contributed by atoms with Gasteiger partial charge in [0, 0.05) is 36.7 Å². The van der Waals surface area contributed by atoms with Crippen molar-refractivity contribution in [2.24, 2.45) is 5.73 Å². The van der Waals surface area contributed by atoms with Gasteiger partial charge in [0.05, 0.1) is 0 Å². The van der Waals surface area contributed by atoms with Crippen LogP contribution in [0.2, 0.25) is 0 Å². The summed E-state index contributed by atoms with van der Waals surface area (Å²) in [5, 5.41) is 2.64. The van der Waals surface area contributed by atoms with E-state index in [2.05, 4.69) is 60.3 Å². The van der Waals surface area contributed by atoms with E-state index in [-0.39, 0.29) is 0 Å². The predicted molar refractivity (Wildman–Crippen MR) is 90.8 cm³/mol. The Morgan fingerprint density at radius 3 is 2.62 bits per heavy atom. The quantitative estimate of drug-likeness (QED) is 0.936. The molecule has 1 fully saturated rings. The molecular formula is C18H25N3. The SMILES string of the molecule is CN(C)CC1CCCN1c1ccc(CN)c2ccccc12. The van der Waals surface area contributed by atoms with Gasteiger partial charge in [0.1, 0.15) is 0 Å². The highest BCUT2D eigenvalue weighted by atomic mass is 15.2. The van der Waals surface area contributed by atoms with E-state index in [1.165, 1.54) is 34.9 Å². The number of anilines is 1. The summed E-state index contributed by atoms with van der Waals surface area (Å²) in [5.74, 6) is 0. The lowest BCUT2D eigenvalue weighted by Gasteiger charge is -2.30. The fourth-order valence-electron chi connectivity index (χ4n) is 3.54. The number of rotatable bonds is 4. The molecule has 2 aromatic rings. The predicted octanol–water partition coefficient (Wildman–Crippen LogP) is 2.83. The smallest absolute Gasteiger partial charge is 0.0449 e. The van der Waals surface area contributed by atoms with Crippen LogP contribution in [-0.2, 0) is 6.54 Å². The molecule has 0 aromatic heterocycles. The average molecular weight is 283 g/mol. The highest BCUT2D eigenvalue weighted by Crippen LogP contribution is 2.34. The Morgan fingerprint density at radius 1 is 1.14 bits per heavy atom. The first-order valence-corrected chi connectivity index (χ1v) is 7.83. The Kier molecular flexibility index (Phi) is 4.13. The second kappa shape index (κ2) is 6.04. The molecular weight excluding hydrogens is 258 g/mol. The standard InChI is InChI=1S/C18H25N3/c1-20(2)13-15-6-5-11-21(15)18-10-9-14(12-19)16-7-3-4-8-17(16)18/h3-4,7-10,15H,5-6,11-13,19H2,1-2H3. The summed E-state index contributed by atoms with van der Waals surface area (Å²) in [6.07, 6.45) is 2.57. The van der Waals surface area contributed by atoms with Gasteiger partial charge in [-0.1, -0.05) is 30.3 Å². The van der Waals surface area contributed by atoms with Gasteiger partial charge in [-0.3, -0.25) is 0 Å². The van der Waals surface area contributed by atoms with Crippen LogP contribution in [0.1, 0.15) is 18.4 Å². The third-order valence-corrected chi connectivity index (χ3v) is 4.47. The molecule has 1 aliphatic heterocycles. The summed E-state index contributed by atoms with van der Waals surface area (Å²) in [5.41, 5.74) is 8.49. The van der Waals surface area contributed by atoms with Gasteiger partial charge in [-0.25, -0.2) is 0 Å². The number of hydrogen-bond donors (Lipinski definition) is 1. The highest BCUT2D eigenvalue weighted by Gasteiger charge is 2.26. The molecule has 112 valence electrons. The molecule has 1 unspecified atom stereocenters. The molecule has 0 amide bonds. The lowest BCUT2D eigenvalue weighted by Crippen LogP contribution is -2.37. The van der Waals surface area contributed by atoms with Crippen molar-refractivity contribution in [2.75, 3.05) is 32.1 Å². The maximum absolute atomic E-state index is 5.89. The zero-order chi connectivity index (χ0) is 14.8. The highest BCUT2D eigenvalue weighted by molar-refractivity contribution is 5.96. The van der Waals surface area contributed by atoms with Crippen LogP contribution in [0.3, 0.4) is 0 Å². The van der Waals surface area contributed by atoms with E-state index in [4.69, 9.17) is 5.73 Å². The fourth-order valence-corrected chi connectivity index (χ4v) is 3.54. The molecule has 1 saturated heterocycles. The van der Waals surface area contributed by atoms with Crippen molar-refractivity contribution in [1.82, 2.24) is 4.90 Å².